The Morgan fingerprint density at radius 3 is 2.14 bits per heavy atom. The summed E-state index contributed by atoms with van der Waals surface area (Å²) in [5, 5.41) is 0. The predicted molar refractivity (Wildman–Crippen MR) is 31.3 cm³/mol. The monoisotopic (exact) mass is 99.1 g/mol. The Morgan fingerprint density at radius 1 is 1.43 bits per heavy atom. The van der Waals surface area contributed by atoms with Crippen LogP contribution in [-0.2, 0) is 0 Å². The third-order valence-electron chi connectivity index (χ3n) is 1.16. The number of nitrogens with zero attached hydrogens (tertiary/aromatic N) is 1. The highest BCUT2D eigenvalue weighted by Gasteiger charge is 2.16. The van der Waals surface area contributed by atoms with Gasteiger partial charge in [-0.15, -0.1) is 0 Å². The van der Waals surface area contributed by atoms with E-state index >= 15 is 0 Å². The largest absolute Gasteiger partial charge is 0.301 e. The zero-order valence-corrected chi connectivity index (χ0v) is 5.15. The maximum absolute atomic E-state index is 2.45. The summed E-state index contributed by atoms with van der Waals surface area (Å²) in [7, 11) is 0. The van der Waals surface area contributed by atoms with E-state index in [1.807, 2.05) is 0 Å². The number of rotatable bonds is 2. The molecule has 0 unspecified atom stereocenters. The molecule has 1 heterocycles. The third kappa shape index (κ3) is 1.93. The molecular weight excluding hydrogens is 86.1 g/mol. The van der Waals surface area contributed by atoms with Gasteiger partial charge in [0.2, 0.25) is 0 Å². The zero-order chi connectivity index (χ0) is 5.28. The van der Waals surface area contributed by atoms with Crippen LogP contribution >= 0.6 is 0 Å². The molecule has 0 saturated carbocycles. The molecule has 0 aliphatic carbocycles. The van der Waals surface area contributed by atoms with E-state index in [0.717, 1.165) is 5.92 Å². The minimum atomic E-state index is 0.863. The van der Waals surface area contributed by atoms with E-state index in [2.05, 4.69) is 18.7 Å². The molecule has 0 bridgehead atoms. The van der Waals surface area contributed by atoms with Gasteiger partial charge in [-0.3, -0.25) is 0 Å². The molecule has 0 radical (unpaired) electrons. The maximum Gasteiger partial charge on any atom is 0.0110 e. The predicted octanol–water partition coefficient (Wildman–Crippen LogP) is 0.958. The van der Waals surface area contributed by atoms with Gasteiger partial charge in [-0.2, -0.15) is 0 Å². The van der Waals surface area contributed by atoms with E-state index in [0.29, 0.717) is 0 Å². The van der Waals surface area contributed by atoms with Crippen molar-refractivity contribution in [1.82, 2.24) is 4.90 Å². The van der Waals surface area contributed by atoms with E-state index in [4.69, 9.17) is 0 Å². The van der Waals surface area contributed by atoms with Crippen LogP contribution in [0, 0.1) is 5.92 Å². The van der Waals surface area contributed by atoms with Crippen molar-refractivity contribution in [3.8, 4) is 0 Å². The van der Waals surface area contributed by atoms with Crippen LogP contribution in [0.3, 0.4) is 0 Å². The van der Waals surface area contributed by atoms with Crippen LogP contribution in [0.5, 0.6) is 0 Å². The third-order valence-corrected chi connectivity index (χ3v) is 1.16. The van der Waals surface area contributed by atoms with Gasteiger partial charge in [0.1, 0.15) is 0 Å². The van der Waals surface area contributed by atoms with Crippen LogP contribution in [0.1, 0.15) is 13.8 Å². The van der Waals surface area contributed by atoms with Crippen LogP contribution in [0.15, 0.2) is 0 Å². The van der Waals surface area contributed by atoms with E-state index in [1.165, 1.54) is 19.6 Å². The SMILES string of the molecule is CC(C)CN1CC1. The molecule has 1 rings (SSSR count). The van der Waals surface area contributed by atoms with Crippen LogP contribution in [-0.4, -0.2) is 24.5 Å². The summed E-state index contributed by atoms with van der Waals surface area (Å²) in [6.07, 6.45) is 0. The second-order valence-corrected chi connectivity index (χ2v) is 2.69. The van der Waals surface area contributed by atoms with Crippen molar-refractivity contribution in [3.63, 3.8) is 0 Å². The van der Waals surface area contributed by atoms with Crippen LogP contribution in [0.4, 0.5) is 0 Å². The molecule has 0 aromatic carbocycles. The molecule has 0 aromatic heterocycles. The van der Waals surface area contributed by atoms with Crippen LogP contribution < -0.4 is 0 Å². The van der Waals surface area contributed by atoms with E-state index < -0.39 is 0 Å². The number of hydrogen-bond acceptors (Lipinski definition) is 1. The van der Waals surface area contributed by atoms with Crippen molar-refractivity contribution in [2.45, 2.75) is 13.8 Å². The first kappa shape index (κ1) is 5.10. The molecule has 0 N–H and O–H groups in total. The number of hydrogen-bond donors (Lipinski definition) is 0. The van der Waals surface area contributed by atoms with E-state index in [1.54, 1.807) is 0 Å². The zero-order valence-electron chi connectivity index (χ0n) is 5.15. The van der Waals surface area contributed by atoms with E-state index in [9.17, 15) is 0 Å². The Balaban J connectivity index is 1.97. The van der Waals surface area contributed by atoms with Crippen LogP contribution in [0.25, 0.3) is 0 Å². The molecule has 1 aliphatic heterocycles. The van der Waals surface area contributed by atoms with Crippen molar-refractivity contribution in [3.05, 3.63) is 0 Å². The second-order valence-electron chi connectivity index (χ2n) is 2.69. The summed E-state index contributed by atoms with van der Waals surface area (Å²) in [5.74, 6) is 0.863. The standard InChI is InChI=1S/C6H13N/c1-6(2)5-7-3-4-7/h6H,3-5H2,1-2H3. The molecule has 0 spiro atoms. The summed E-state index contributed by atoms with van der Waals surface area (Å²) in [5.41, 5.74) is 0. The van der Waals surface area contributed by atoms with Gasteiger partial charge in [-0.1, -0.05) is 13.8 Å². The normalized spacial score (nSPS) is 21.0. The van der Waals surface area contributed by atoms with Gasteiger partial charge in [-0.05, 0) is 5.92 Å². The molecular formula is C6H13N. The molecule has 0 amide bonds. The smallest absolute Gasteiger partial charge is 0.0110 e. The summed E-state index contributed by atoms with van der Waals surface area (Å²) < 4.78 is 0. The van der Waals surface area contributed by atoms with Gasteiger partial charge in [0, 0.05) is 19.6 Å². The lowest BCUT2D eigenvalue weighted by atomic mass is 10.2. The summed E-state index contributed by atoms with van der Waals surface area (Å²) in [6, 6.07) is 0. The fraction of sp³-hybridized carbons (Fsp3) is 1.00. The highest BCUT2D eigenvalue weighted by atomic mass is 15.3. The molecule has 1 saturated heterocycles. The Morgan fingerprint density at radius 2 is 2.00 bits per heavy atom. The molecule has 1 fully saturated rings. The first-order valence-electron chi connectivity index (χ1n) is 3.01. The average molecular weight is 99.2 g/mol. The van der Waals surface area contributed by atoms with Gasteiger partial charge in [-0.25, -0.2) is 0 Å². The lowest BCUT2D eigenvalue weighted by Gasteiger charge is -2.01. The molecule has 0 aromatic rings. The Kier molecular flexibility index (Phi) is 1.33. The fourth-order valence-electron chi connectivity index (χ4n) is 0.770. The minimum absolute atomic E-state index is 0.863. The molecule has 7 heavy (non-hydrogen) atoms. The Bertz CT molecular complexity index is 55.2. The Hall–Kier alpha value is -0.0400. The van der Waals surface area contributed by atoms with Gasteiger partial charge in [0.05, 0.1) is 0 Å². The van der Waals surface area contributed by atoms with Crippen molar-refractivity contribution in [1.29, 1.82) is 0 Å². The quantitative estimate of drug-likeness (QED) is 0.466. The molecule has 42 valence electrons. The molecule has 1 aliphatic rings. The first-order chi connectivity index (χ1) is 3.29. The highest BCUT2D eigenvalue weighted by molar-refractivity contribution is 4.72. The van der Waals surface area contributed by atoms with E-state index in [-0.39, 0.29) is 0 Å². The molecule has 0 atom stereocenters. The average Bonchev–Trinajstić information content (AvgIpc) is 2.17. The lowest BCUT2D eigenvalue weighted by Crippen LogP contribution is -2.05. The lowest BCUT2D eigenvalue weighted by molar-refractivity contribution is 0.459. The maximum atomic E-state index is 2.45. The van der Waals surface area contributed by atoms with Crippen molar-refractivity contribution in [2.24, 2.45) is 5.92 Å². The second kappa shape index (κ2) is 1.83. The summed E-state index contributed by atoms with van der Waals surface area (Å²) in [6.45, 7) is 8.52. The summed E-state index contributed by atoms with van der Waals surface area (Å²) >= 11 is 0. The Labute approximate surface area is 45.3 Å². The topological polar surface area (TPSA) is 3.01 Å². The van der Waals surface area contributed by atoms with Crippen LogP contribution in [0.2, 0.25) is 0 Å². The van der Waals surface area contributed by atoms with Gasteiger partial charge in [0.15, 0.2) is 0 Å². The minimum Gasteiger partial charge on any atom is -0.301 e. The van der Waals surface area contributed by atoms with Crippen molar-refractivity contribution >= 4 is 0 Å². The molecule has 1 heteroatoms. The fourth-order valence-corrected chi connectivity index (χ4v) is 0.770. The van der Waals surface area contributed by atoms with Gasteiger partial charge < -0.3 is 4.90 Å². The highest BCUT2D eigenvalue weighted by Crippen LogP contribution is 2.06. The van der Waals surface area contributed by atoms with Crippen molar-refractivity contribution in [2.75, 3.05) is 19.6 Å². The summed E-state index contributed by atoms with van der Waals surface area (Å²) in [4.78, 5) is 2.45. The first-order valence-corrected chi connectivity index (χ1v) is 3.01. The van der Waals surface area contributed by atoms with Gasteiger partial charge >= 0.3 is 0 Å². The van der Waals surface area contributed by atoms with Gasteiger partial charge in [0.25, 0.3) is 0 Å². The van der Waals surface area contributed by atoms with Crippen molar-refractivity contribution < 1.29 is 0 Å². The molecule has 1 nitrogen and oxygen atoms in total.